The highest BCUT2D eigenvalue weighted by Gasteiger charge is 2.28. The highest BCUT2D eigenvalue weighted by molar-refractivity contribution is 7.92. The third-order valence-electron chi connectivity index (χ3n) is 3.83. The number of sulfonamides is 1. The number of rotatable bonds is 7. The summed E-state index contributed by atoms with van der Waals surface area (Å²) in [6.45, 7) is 6.92. The van der Waals surface area contributed by atoms with E-state index in [1.807, 2.05) is 6.92 Å². The molecule has 2 aromatic carbocycles. The molecule has 0 saturated heterocycles. The van der Waals surface area contributed by atoms with Gasteiger partial charge in [-0.25, -0.2) is 8.42 Å². The molecule has 0 aromatic heterocycles. The Morgan fingerprint density at radius 2 is 1.88 bits per heavy atom. The van der Waals surface area contributed by atoms with Gasteiger partial charge in [-0.1, -0.05) is 18.2 Å². The third kappa shape index (κ3) is 3.48. The first-order valence-electron chi connectivity index (χ1n) is 8.33. The SMILES string of the molecule is C=CCN(c1ccccc1OCC)S(=O)(=O)c1ccc2c(c1)OCCO2. The number of ether oxygens (including phenoxy) is 3. The molecule has 1 heterocycles. The van der Waals surface area contributed by atoms with Gasteiger partial charge >= 0.3 is 0 Å². The van der Waals surface area contributed by atoms with E-state index in [1.54, 1.807) is 30.3 Å². The number of hydrogen-bond donors (Lipinski definition) is 0. The van der Waals surface area contributed by atoms with Crippen molar-refractivity contribution in [2.75, 3.05) is 30.7 Å². The molecule has 0 amide bonds. The van der Waals surface area contributed by atoms with Crippen molar-refractivity contribution >= 4 is 15.7 Å². The maximum absolute atomic E-state index is 13.3. The first-order chi connectivity index (χ1) is 12.6. The van der Waals surface area contributed by atoms with Crippen LogP contribution >= 0.6 is 0 Å². The average Bonchev–Trinajstić information content (AvgIpc) is 2.66. The monoisotopic (exact) mass is 375 g/mol. The lowest BCUT2D eigenvalue weighted by atomic mass is 10.3. The molecule has 0 aliphatic carbocycles. The second-order valence-electron chi connectivity index (χ2n) is 5.53. The predicted molar refractivity (Wildman–Crippen MR) is 99.8 cm³/mol. The average molecular weight is 375 g/mol. The minimum Gasteiger partial charge on any atom is -0.492 e. The molecule has 0 bridgehead atoms. The molecule has 6 nitrogen and oxygen atoms in total. The van der Waals surface area contributed by atoms with Crippen LogP contribution in [0.1, 0.15) is 6.92 Å². The standard InChI is InChI=1S/C19H21NO5S/c1-3-11-20(16-7-5-6-8-17(16)23-4-2)26(21,22)15-9-10-18-19(14-15)25-13-12-24-18/h3,5-10,14H,1,4,11-13H2,2H3. The van der Waals surface area contributed by atoms with E-state index in [1.165, 1.54) is 22.5 Å². The first-order valence-corrected chi connectivity index (χ1v) is 9.77. The molecular weight excluding hydrogens is 354 g/mol. The highest BCUT2D eigenvalue weighted by Crippen LogP contribution is 2.36. The van der Waals surface area contributed by atoms with E-state index >= 15 is 0 Å². The molecule has 0 unspecified atom stereocenters. The summed E-state index contributed by atoms with van der Waals surface area (Å²) in [6, 6.07) is 11.6. The molecule has 0 radical (unpaired) electrons. The molecule has 26 heavy (non-hydrogen) atoms. The van der Waals surface area contributed by atoms with E-state index in [9.17, 15) is 8.42 Å². The van der Waals surface area contributed by atoms with Gasteiger partial charge in [0, 0.05) is 6.07 Å². The number of anilines is 1. The predicted octanol–water partition coefficient (Wildman–Crippen LogP) is 3.24. The number of fused-ring (bicyclic) bond motifs is 1. The Morgan fingerprint density at radius 1 is 1.15 bits per heavy atom. The first kappa shape index (κ1) is 18.1. The van der Waals surface area contributed by atoms with E-state index in [0.717, 1.165) is 0 Å². The Labute approximate surface area is 153 Å². The lowest BCUT2D eigenvalue weighted by Gasteiger charge is -2.26. The van der Waals surface area contributed by atoms with E-state index in [-0.39, 0.29) is 11.4 Å². The topological polar surface area (TPSA) is 65.1 Å². The van der Waals surface area contributed by atoms with Crippen LogP contribution in [0.5, 0.6) is 17.2 Å². The molecule has 2 aromatic rings. The maximum Gasteiger partial charge on any atom is 0.264 e. The molecule has 0 N–H and O–H groups in total. The van der Waals surface area contributed by atoms with Gasteiger partial charge in [0.05, 0.1) is 23.7 Å². The summed E-state index contributed by atoms with van der Waals surface area (Å²) in [5.41, 5.74) is 0.462. The van der Waals surface area contributed by atoms with Crippen molar-refractivity contribution in [1.29, 1.82) is 0 Å². The second-order valence-corrected chi connectivity index (χ2v) is 7.39. The van der Waals surface area contributed by atoms with Crippen LogP contribution in [0.2, 0.25) is 0 Å². The van der Waals surface area contributed by atoms with E-state index < -0.39 is 10.0 Å². The summed E-state index contributed by atoms with van der Waals surface area (Å²) in [5.74, 6) is 1.46. The van der Waals surface area contributed by atoms with Crippen LogP contribution < -0.4 is 18.5 Å². The van der Waals surface area contributed by atoms with Crippen LogP contribution in [0.25, 0.3) is 0 Å². The van der Waals surface area contributed by atoms with Crippen molar-refractivity contribution in [3.8, 4) is 17.2 Å². The molecule has 0 atom stereocenters. The third-order valence-corrected chi connectivity index (χ3v) is 5.61. The lowest BCUT2D eigenvalue weighted by molar-refractivity contribution is 0.171. The van der Waals surface area contributed by atoms with Crippen LogP contribution in [0, 0.1) is 0 Å². The molecule has 138 valence electrons. The normalized spacial score (nSPS) is 13.1. The summed E-state index contributed by atoms with van der Waals surface area (Å²) in [5, 5.41) is 0. The summed E-state index contributed by atoms with van der Waals surface area (Å²) in [4.78, 5) is 0.120. The van der Waals surface area contributed by atoms with Crippen LogP contribution in [-0.4, -0.2) is 34.8 Å². The van der Waals surface area contributed by atoms with Crippen LogP contribution in [0.3, 0.4) is 0 Å². The smallest absolute Gasteiger partial charge is 0.264 e. The zero-order valence-electron chi connectivity index (χ0n) is 14.6. The molecule has 3 rings (SSSR count). The fourth-order valence-corrected chi connectivity index (χ4v) is 4.16. The Morgan fingerprint density at radius 3 is 2.62 bits per heavy atom. The van der Waals surface area contributed by atoms with Crippen LogP contribution in [-0.2, 0) is 10.0 Å². The minimum atomic E-state index is -3.84. The Kier molecular flexibility index (Phi) is 5.37. The number of hydrogen-bond acceptors (Lipinski definition) is 5. The molecule has 7 heteroatoms. The fourth-order valence-electron chi connectivity index (χ4n) is 2.70. The Balaban J connectivity index is 2.06. The highest BCUT2D eigenvalue weighted by atomic mass is 32.2. The van der Waals surface area contributed by atoms with Gasteiger partial charge in [-0.3, -0.25) is 4.31 Å². The summed E-state index contributed by atoms with van der Waals surface area (Å²) in [7, 11) is -3.84. The van der Waals surface area contributed by atoms with Crippen LogP contribution in [0.15, 0.2) is 60.0 Å². The van der Waals surface area contributed by atoms with E-state index in [0.29, 0.717) is 42.8 Å². The maximum atomic E-state index is 13.3. The zero-order valence-corrected chi connectivity index (χ0v) is 15.4. The van der Waals surface area contributed by atoms with Gasteiger partial charge in [0.15, 0.2) is 11.5 Å². The zero-order chi connectivity index (χ0) is 18.6. The number of nitrogens with zero attached hydrogens (tertiary/aromatic N) is 1. The summed E-state index contributed by atoms with van der Waals surface area (Å²) in [6.07, 6.45) is 1.54. The van der Waals surface area contributed by atoms with E-state index in [4.69, 9.17) is 14.2 Å². The van der Waals surface area contributed by atoms with Gasteiger partial charge in [0.25, 0.3) is 10.0 Å². The van der Waals surface area contributed by atoms with Crippen molar-refractivity contribution in [1.82, 2.24) is 0 Å². The lowest BCUT2D eigenvalue weighted by Crippen LogP contribution is -2.31. The number of benzene rings is 2. The van der Waals surface area contributed by atoms with Gasteiger partial charge in [0.2, 0.25) is 0 Å². The van der Waals surface area contributed by atoms with Crippen molar-refractivity contribution in [3.63, 3.8) is 0 Å². The molecule has 1 aliphatic heterocycles. The van der Waals surface area contributed by atoms with E-state index in [2.05, 4.69) is 6.58 Å². The van der Waals surface area contributed by atoms with Crippen molar-refractivity contribution in [2.24, 2.45) is 0 Å². The molecule has 0 fully saturated rings. The van der Waals surface area contributed by atoms with Crippen molar-refractivity contribution < 1.29 is 22.6 Å². The Bertz CT molecular complexity index is 895. The van der Waals surface area contributed by atoms with Gasteiger partial charge in [0.1, 0.15) is 19.0 Å². The Hall–Kier alpha value is -2.67. The summed E-state index contributed by atoms with van der Waals surface area (Å²) >= 11 is 0. The second kappa shape index (κ2) is 7.70. The summed E-state index contributed by atoms with van der Waals surface area (Å²) < 4.78 is 44.4. The minimum absolute atomic E-state index is 0.112. The largest absolute Gasteiger partial charge is 0.492 e. The number of para-hydroxylation sites is 2. The van der Waals surface area contributed by atoms with Crippen LogP contribution in [0.4, 0.5) is 5.69 Å². The fraction of sp³-hybridized carbons (Fsp3) is 0.263. The molecule has 0 spiro atoms. The van der Waals surface area contributed by atoms with Crippen molar-refractivity contribution in [2.45, 2.75) is 11.8 Å². The molecular formula is C19H21NO5S. The van der Waals surface area contributed by atoms with Gasteiger partial charge < -0.3 is 14.2 Å². The molecule has 1 aliphatic rings. The van der Waals surface area contributed by atoms with Gasteiger partial charge in [-0.05, 0) is 31.2 Å². The van der Waals surface area contributed by atoms with Gasteiger partial charge in [-0.15, -0.1) is 6.58 Å². The molecule has 0 saturated carbocycles. The van der Waals surface area contributed by atoms with Gasteiger partial charge in [-0.2, -0.15) is 0 Å². The van der Waals surface area contributed by atoms with Crippen molar-refractivity contribution in [3.05, 3.63) is 55.1 Å². The quantitative estimate of drug-likeness (QED) is 0.695.